The van der Waals surface area contributed by atoms with Crippen molar-refractivity contribution in [2.45, 2.75) is 30.2 Å². The molecule has 0 aliphatic rings. The highest BCUT2D eigenvalue weighted by molar-refractivity contribution is 7.99. The van der Waals surface area contributed by atoms with Crippen LogP contribution in [0.1, 0.15) is 27.4 Å². The van der Waals surface area contributed by atoms with Crippen molar-refractivity contribution in [2.24, 2.45) is 0 Å². The molecule has 0 atom stereocenters. The molecular formula is C26H21N3O7S. The van der Waals surface area contributed by atoms with E-state index in [0.29, 0.717) is 22.0 Å². The van der Waals surface area contributed by atoms with Crippen LogP contribution < -0.4 is 10.1 Å². The number of nitrogens with one attached hydrogen (secondary N) is 1. The van der Waals surface area contributed by atoms with Crippen molar-refractivity contribution in [3.05, 3.63) is 116 Å². The van der Waals surface area contributed by atoms with Crippen molar-refractivity contribution in [2.75, 3.05) is 5.32 Å². The van der Waals surface area contributed by atoms with Gasteiger partial charge in [-0.25, -0.2) is 0 Å². The van der Waals surface area contributed by atoms with Gasteiger partial charge in [0, 0.05) is 39.2 Å². The molecule has 0 spiro atoms. The highest BCUT2D eigenvalue weighted by atomic mass is 32.2. The van der Waals surface area contributed by atoms with E-state index in [-0.39, 0.29) is 29.4 Å². The van der Waals surface area contributed by atoms with Gasteiger partial charge in [0.05, 0.1) is 9.85 Å². The molecule has 0 radical (unpaired) electrons. The first kappa shape index (κ1) is 25.5. The van der Waals surface area contributed by atoms with Crippen molar-refractivity contribution in [1.82, 2.24) is 0 Å². The summed E-state index contributed by atoms with van der Waals surface area (Å²) in [7, 11) is 0. The first-order valence-electron chi connectivity index (χ1n) is 11.0. The average molecular weight is 520 g/mol. The lowest BCUT2D eigenvalue weighted by Crippen LogP contribution is -2.11. The lowest BCUT2D eigenvalue weighted by atomic mass is 10.2. The third-order valence-corrected chi connectivity index (χ3v) is 6.23. The number of ether oxygens (including phenoxy) is 1. The highest BCUT2D eigenvalue weighted by Gasteiger charge is 2.17. The predicted molar refractivity (Wildman–Crippen MR) is 137 cm³/mol. The van der Waals surface area contributed by atoms with E-state index in [2.05, 4.69) is 5.32 Å². The van der Waals surface area contributed by atoms with Crippen LogP contribution >= 0.6 is 11.8 Å². The molecule has 3 aromatic carbocycles. The number of carbonyl (C=O) groups is 1. The Morgan fingerprint density at radius 2 is 1.68 bits per heavy atom. The minimum Gasteiger partial charge on any atom is -0.486 e. The molecule has 11 heteroatoms. The van der Waals surface area contributed by atoms with Crippen LogP contribution in [0.3, 0.4) is 0 Å². The molecule has 0 unspecified atom stereocenters. The molecule has 0 aliphatic heterocycles. The number of nitrogens with zero attached hydrogens (tertiary/aromatic N) is 2. The SMILES string of the molecule is Cc1ccc(Sc2cc(NC(=O)c3ccc(COc4ccc([N+](=O)[O-])c(C)c4)o3)cc([N+](=O)[O-])c2)cc1. The van der Waals surface area contributed by atoms with Crippen LogP contribution in [-0.2, 0) is 6.61 Å². The summed E-state index contributed by atoms with van der Waals surface area (Å²) >= 11 is 1.34. The lowest BCUT2D eigenvalue weighted by molar-refractivity contribution is -0.385. The number of amides is 1. The summed E-state index contributed by atoms with van der Waals surface area (Å²) in [5, 5.41) is 25.0. The normalized spacial score (nSPS) is 10.6. The molecule has 1 heterocycles. The molecule has 10 nitrogen and oxygen atoms in total. The number of anilines is 1. The fourth-order valence-electron chi connectivity index (χ4n) is 3.41. The zero-order valence-electron chi connectivity index (χ0n) is 19.8. The highest BCUT2D eigenvalue weighted by Crippen LogP contribution is 2.33. The minimum atomic E-state index is -0.579. The Bertz CT molecular complexity index is 1480. The number of non-ortho nitro benzene ring substituents is 1. The number of hydrogen-bond acceptors (Lipinski definition) is 8. The van der Waals surface area contributed by atoms with E-state index < -0.39 is 15.8 Å². The van der Waals surface area contributed by atoms with Crippen LogP contribution in [0.25, 0.3) is 0 Å². The van der Waals surface area contributed by atoms with Crippen molar-refractivity contribution >= 4 is 34.7 Å². The number of aryl methyl sites for hydroxylation is 2. The van der Waals surface area contributed by atoms with E-state index >= 15 is 0 Å². The second-order valence-electron chi connectivity index (χ2n) is 8.10. The largest absolute Gasteiger partial charge is 0.486 e. The summed E-state index contributed by atoms with van der Waals surface area (Å²) < 4.78 is 11.2. The zero-order valence-corrected chi connectivity index (χ0v) is 20.6. The quantitative estimate of drug-likeness (QED) is 0.190. The number of carbonyl (C=O) groups excluding carboxylic acids is 1. The van der Waals surface area contributed by atoms with E-state index in [0.717, 1.165) is 10.5 Å². The Morgan fingerprint density at radius 1 is 0.919 bits per heavy atom. The third-order valence-electron chi connectivity index (χ3n) is 5.25. The van der Waals surface area contributed by atoms with Crippen molar-refractivity contribution in [1.29, 1.82) is 0 Å². The van der Waals surface area contributed by atoms with Gasteiger partial charge in [-0.3, -0.25) is 25.0 Å². The third kappa shape index (κ3) is 6.53. The summed E-state index contributed by atoms with van der Waals surface area (Å²) in [6.45, 7) is 3.58. The number of nitro benzene ring substituents is 2. The number of rotatable bonds is 9. The van der Waals surface area contributed by atoms with Crippen LogP contribution in [-0.4, -0.2) is 15.8 Å². The Hall–Kier alpha value is -4.64. The van der Waals surface area contributed by atoms with Gasteiger partial charge in [-0.05, 0) is 56.3 Å². The molecule has 0 saturated heterocycles. The van der Waals surface area contributed by atoms with Crippen LogP contribution in [0, 0.1) is 34.1 Å². The fourth-order valence-corrected chi connectivity index (χ4v) is 4.32. The standard InChI is InChI=1S/C26H21N3O7S/c1-16-3-7-22(8-4-16)37-23-13-18(12-19(14-23)28(31)32)27-26(30)25-10-6-21(36-25)15-35-20-5-9-24(29(33)34)17(2)11-20/h3-14H,15H2,1-2H3,(H,27,30). The van der Waals surface area contributed by atoms with Gasteiger partial charge in [-0.2, -0.15) is 0 Å². The summed E-state index contributed by atoms with van der Waals surface area (Å²) in [4.78, 5) is 35.7. The Morgan fingerprint density at radius 3 is 2.35 bits per heavy atom. The second kappa shape index (κ2) is 11.0. The molecular weight excluding hydrogens is 498 g/mol. The van der Waals surface area contributed by atoms with Gasteiger partial charge in [0.25, 0.3) is 17.3 Å². The van der Waals surface area contributed by atoms with Gasteiger partial charge in [-0.1, -0.05) is 29.5 Å². The Kier molecular flexibility index (Phi) is 7.54. The molecule has 1 aromatic heterocycles. The maximum Gasteiger partial charge on any atom is 0.291 e. The molecule has 37 heavy (non-hydrogen) atoms. The number of nitro groups is 2. The Labute approximate surface area is 215 Å². The molecule has 0 saturated carbocycles. The molecule has 4 aromatic rings. The van der Waals surface area contributed by atoms with E-state index in [1.807, 2.05) is 31.2 Å². The zero-order chi connectivity index (χ0) is 26.5. The summed E-state index contributed by atoms with van der Waals surface area (Å²) in [5.74, 6) is 0.193. The summed E-state index contributed by atoms with van der Waals surface area (Å²) in [5.41, 5.74) is 1.65. The van der Waals surface area contributed by atoms with Gasteiger partial charge in [0.15, 0.2) is 5.76 Å². The van der Waals surface area contributed by atoms with Crippen LogP contribution in [0.5, 0.6) is 5.75 Å². The lowest BCUT2D eigenvalue weighted by Gasteiger charge is -2.08. The van der Waals surface area contributed by atoms with Crippen molar-refractivity contribution < 1.29 is 23.8 Å². The number of furan rings is 1. The van der Waals surface area contributed by atoms with Gasteiger partial charge < -0.3 is 14.5 Å². The molecule has 0 bridgehead atoms. The van der Waals surface area contributed by atoms with Crippen LogP contribution in [0.2, 0.25) is 0 Å². The predicted octanol–water partition coefficient (Wildman–Crippen LogP) is 6.70. The smallest absolute Gasteiger partial charge is 0.291 e. The maximum atomic E-state index is 12.7. The van der Waals surface area contributed by atoms with E-state index in [4.69, 9.17) is 9.15 Å². The monoisotopic (exact) mass is 519 g/mol. The molecule has 1 N–H and O–H groups in total. The maximum absolute atomic E-state index is 12.7. The van der Waals surface area contributed by atoms with Gasteiger partial charge >= 0.3 is 0 Å². The number of benzene rings is 3. The fraction of sp³-hybridized carbons (Fsp3) is 0.115. The number of hydrogen-bond donors (Lipinski definition) is 1. The van der Waals surface area contributed by atoms with Crippen LogP contribution in [0.4, 0.5) is 17.1 Å². The van der Waals surface area contributed by atoms with Gasteiger partial charge in [0.2, 0.25) is 0 Å². The molecule has 0 aliphatic carbocycles. The average Bonchev–Trinajstić information content (AvgIpc) is 3.33. The minimum absolute atomic E-state index is 0.00131. The first-order chi connectivity index (χ1) is 17.7. The summed E-state index contributed by atoms with van der Waals surface area (Å²) in [6.07, 6.45) is 0. The van der Waals surface area contributed by atoms with E-state index in [1.54, 1.807) is 25.1 Å². The van der Waals surface area contributed by atoms with Crippen molar-refractivity contribution in [3.63, 3.8) is 0 Å². The Balaban J connectivity index is 1.44. The van der Waals surface area contributed by atoms with Crippen LogP contribution in [0.15, 0.2) is 87.0 Å². The molecule has 4 rings (SSSR count). The molecule has 188 valence electrons. The van der Waals surface area contributed by atoms with Gasteiger partial charge in [0.1, 0.15) is 18.1 Å². The topological polar surface area (TPSA) is 138 Å². The first-order valence-corrected chi connectivity index (χ1v) is 11.8. The van der Waals surface area contributed by atoms with Gasteiger partial charge in [-0.15, -0.1) is 0 Å². The van der Waals surface area contributed by atoms with Crippen molar-refractivity contribution in [3.8, 4) is 5.75 Å². The molecule has 0 fully saturated rings. The van der Waals surface area contributed by atoms with E-state index in [1.165, 1.54) is 42.1 Å². The van der Waals surface area contributed by atoms with E-state index in [9.17, 15) is 25.0 Å². The summed E-state index contributed by atoms with van der Waals surface area (Å²) in [6, 6.07) is 19.5. The second-order valence-corrected chi connectivity index (χ2v) is 9.25. The molecule has 1 amide bonds.